The number of rotatable bonds is 3. The van der Waals surface area contributed by atoms with E-state index in [1.165, 1.54) is 16.8 Å². The monoisotopic (exact) mass is 333 g/mol. The van der Waals surface area contributed by atoms with Crippen LogP contribution in [0.3, 0.4) is 0 Å². The van der Waals surface area contributed by atoms with Crippen molar-refractivity contribution in [3.63, 3.8) is 0 Å². The van der Waals surface area contributed by atoms with E-state index in [1.54, 1.807) is 0 Å². The highest BCUT2D eigenvalue weighted by Gasteiger charge is 2.35. The zero-order valence-electron chi connectivity index (χ0n) is 14.9. The number of aromatic nitrogens is 4. The first-order valence-electron chi connectivity index (χ1n) is 8.80. The largest absolute Gasteiger partial charge is 0.377 e. The summed E-state index contributed by atoms with van der Waals surface area (Å²) >= 11 is 0. The first kappa shape index (κ1) is 15.8. The summed E-state index contributed by atoms with van der Waals surface area (Å²) in [4.78, 5) is 0. The van der Waals surface area contributed by atoms with Gasteiger partial charge in [0.2, 0.25) is 0 Å². The molecular formula is C20H23N5. The molecule has 3 aromatic rings. The Bertz CT molecular complexity index is 896. The maximum absolute atomic E-state index is 4.15. The number of anilines is 1. The number of para-hydroxylation sites is 1. The highest BCUT2D eigenvalue weighted by Crippen LogP contribution is 2.44. The summed E-state index contributed by atoms with van der Waals surface area (Å²) in [6.45, 7) is 6.71. The molecule has 0 aliphatic carbocycles. The number of aryl methyl sites for hydroxylation is 1. The molecule has 1 aromatic heterocycles. The lowest BCUT2D eigenvalue weighted by molar-refractivity contribution is 0.295. The Kier molecular flexibility index (Phi) is 3.79. The number of hydrogen-bond donors (Lipinski definition) is 1. The summed E-state index contributed by atoms with van der Waals surface area (Å²) in [6, 6.07) is 17.4. The molecule has 2 aromatic carbocycles. The average Bonchev–Trinajstić information content (AvgIpc) is 3.09. The van der Waals surface area contributed by atoms with Crippen LogP contribution in [-0.4, -0.2) is 20.2 Å². The van der Waals surface area contributed by atoms with E-state index in [0.717, 1.165) is 24.4 Å². The van der Waals surface area contributed by atoms with Crippen molar-refractivity contribution in [2.45, 2.75) is 39.7 Å². The van der Waals surface area contributed by atoms with Gasteiger partial charge in [-0.1, -0.05) is 51.1 Å². The minimum Gasteiger partial charge on any atom is -0.377 e. The number of benzene rings is 2. The molecule has 1 unspecified atom stereocenters. The molecule has 1 aliphatic rings. The lowest BCUT2D eigenvalue weighted by atomic mass is 9.73. The van der Waals surface area contributed by atoms with E-state index in [4.69, 9.17) is 0 Å². The number of nitrogens with one attached hydrogen (secondary N) is 1. The average molecular weight is 333 g/mol. The lowest BCUT2D eigenvalue weighted by Crippen LogP contribution is -2.35. The number of nitrogens with zero attached hydrogens (tertiary/aromatic N) is 4. The fourth-order valence-corrected chi connectivity index (χ4v) is 3.76. The fraction of sp³-hybridized carbons (Fsp3) is 0.350. The van der Waals surface area contributed by atoms with Gasteiger partial charge in [-0.15, -0.1) is 5.10 Å². The smallest absolute Gasteiger partial charge is 0.156 e. The van der Waals surface area contributed by atoms with Crippen LogP contribution in [0.2, 0.25) is 0 Å². The number of fused-ring (bicyclic) bond motifs is 1. The van der Waals surface area contributed by atoms with E-state index in [9.17, 15) is 0 Å². The second kappa shape index (κ2) is 5.99. The highest BCUT2D eigenvalue weighted by molar-refractivity contribution is 5.56. The minimum atomic E-state index is 0.112. The van der Waals surface area contributed by atoms with Crippen molar-refractivity contribution < 1.29 is 0 Å². The SMILES string of the molecule is CCc1nnnn1-c1cccc(C2Nc3ccccc3CC2(C)C)c1. The van der Waals surface area contributed by atoms with Gasteiger partial charge in [0.1, 0.15) is 0 Å². The summed E-state index contributed by atoms with van der Waals surface area (Å²) in [5.74, 6) is 0.873. The molecule has 0 saturated heterocycles. The molecular weight excluding hydrogens is 310 g/mol. The quantitative estimate of drug-likeness (QED) is 0.788. The molecule has 25 heavy (non-hydrogen) atoms. The molecule has 5 nitrogen and oxygen atoms in total. The fourth-order valence-electron chi connectivity index (χ4n) is 3.76. The van der Waals surface area contributed by atoms with Gasteiger partial charge in [0.25, 0.3) is 0 Å². The summed E-state index contributed by atoms with van der Waals surface area (Å²) in [5.41, 5.74) is 4.99. The van der Waals surface area contributed by atoms with Crippen molar-refractivity contribution >= 4 is 5.69 Å². The van der Waals surface area contributed by atoms with Gasteiger partial charge in [0.15, 0.2) is 5.82 Å². The molecule has 0 saturated carbocycles. The molecule has 1 atom stereocenters. The molecule has 0 fully saturated rings. The van der Waals surface area contributed by atoms with Crippen LogP contribution >= 0.6 is 0 Å². The van der Waals surface area contributed by atoms with E-state index >= 15 is 0 Å². The highest BCUT2D eigenvalue weighted by atomic mass is 15.5. The summed E-state index contributed by atoms with van der Waals surface area (Å²) in [6.07, 6.45) is 1.86. The maximum atomic E-state index is 4.15. The van der Waals surface area contributed by atoms with Gasteiger partial charge in [0.05, 0.1) is 11.7 Å². The van der Waals surface area contributed by atoms with E-state index in [1.807, 2.05) is 4.68 Å². The van der Waals surface area contributed by atoms with Crippen LogP contribution in [-0.2, 0) is 12.8 Å². The Hall–Kier alpha value is -2.69. The summed E-state index contributed by atoms with van der Waals surface area (Å²) in [7, 11) is 0. The summed E-state index contributed by atoms with van der Waals surface area (Å²) in [5, 5.41) is 15.8. The number of tetrazole rings is 1. The normalized spacial score (nSPS) is 18.4. The Morgan fingerprint density at radius 2 is 2.00 bits per heavy atom. The predicted molar refractivity (Wildman–Crippen MR) is 98.8 cm³/mol. The van der Waals surface area contributed by atoms with Crippen LogP contribution in [0.4, 0.5) is 5.69 Å². The Morgan fingerprint density at radius 1 is 1.16 bits per heavy atom. The second-order valence-electron chi connectivity index (χ2n) is 7.36. The molecule has 0 amide bonds. The van der Waals surface area contributed by atoms with Crippen molar-refractivity contribution in [1.82, 2.24) is 20.2 Å². The molecule has 0 bridgehead atoms. The standard InChI is InChI=1S/C20H23N5/c1-4-18-22-23-24-25(18)16-10-7-9-14(12-16)19-20(2,3)13-15-8-5-6-11-17(15)21-19/h5-12,19,21H,4,13H2,1-3H3. The van der Waals surface area contributed by atoms with Crippen molar-refractivity contribution in [3.8, 4) is 5.69 Å². The third kappa shape index (κ3) is 2.80. The van der Waals surface area contributed by atoms with Gasteiger partial charge in [-0.25, -0.2) is 0 Å². The summed E-state index contributed by atoms with van der Waals surface area (Å²) < 4.78 is 1.83. The molecule has 4 rings (SSSR count). The van der Waals surface area contributed by atoms with Crippen molar-refractivity contribution in [1.29, 1.82) is 0 Å². The lowest BCUT2D eigenvalue weighted by Gasteiger charge is -2.41. The molecule has 1 N–H and O–H groups in total. The zero-order chi connectivity index (χ0) is 17.4. The van der Waals surface area contributed by atoms with Gasteiger partial charge >= 0.3 is 0 Å². The van der Waals surface area contributed by atoms with Gasteiger partial charge < -0.3 is 5.32 Å². The number of hydrogen-bond acceptors (Lipinski definition) is 4. The predicted octanol–water partition coefficient (Wildman–Crippen LogP) is 3.96. The third-order valence-electron chi connectivity index (χ3n) is 5.04. The molecule has 0 radical (unpaired) electrons. The topological polar surface area (TPSA) is 55.6 Å². The van der Waals surface area contributed by atoms with Crippen LogP contribution in [0.5, 0.6) is 0 Å². The minimum absolute atomic E-state index is 0.112. The molecule has 0 spiro atoms. The molecule has 1 aliphatic heterocycles. The van der Waals surface area contributed by atoms with Crippen molar-refractivity contribution in [2.24, 2.45) is 5.41 Å². The Labute approximate surface area is 148 Å². The van der Waals surface area contributed by atoms with E-state index in [-0.39, 0.29) is 11.5 Å². The van der Waals surface area contributed by atoms with Crippen LogP contribution < -0.4 is 5.32 Å². The molecule has 5 heteroatoms. The Morgan fingerprint density at radius 3 is 2.84 bits per heavy atom. The first-order valence-corrected chi connectivity index (χ1v) is 8.80. The third-order valence-corrected chi connectivity index (χ3v) is 5.04. The Balaban J connectivity index is 1.74. The second-order valence-corrected chi connectivity index (χ2v) is 7.36. The van der Waals surface area contributed by atoms with Crippen LogP contribution in [0, 0.1) is 5.41 Å². The van der Waals surface area contributed by atoms with Crippen molar-refractivity contribution in [2.75, 3.05) is 5.32 Å². The zero-order valence-corrected chi connectivity index (χ0v) is 14.9. The molecule has 2 heterocycles. The van der Waals surface area contributed by atoms with Crippen LogP contribution in [0.1, 0.15) is 43.8 Å². The van der Waals surface area contributed by atoms with Crippen LogP contribution in [0.15, 0.2) is 48.5 Å². The van der Waals surface area contributed by atoms with Gasteiger partial charge in [-0.05, 0) is 51.6 Å². The van der Waals surface area contributed by atoms with Gasteiger partial charge in [-0.3, -0.25) is 0 Å². The maximum Gasteiger partial charge on any atom is 0.156 e. The molecule has 128 valence electrons. The van der Waals surface area contributed by atoms with E-state index in [2.05, 4.69) is 90.1 Å². The van der Waals surface area contributed by atoms with Crippen molar-refractivity contribution in [3.05, 3.63) is 65.5 Å². The van der Waals surface area contributed by atoms with Gasteiger partial charge in [-0.2, -0.15) is 4.68 Å². The van der Waals surface area contributed by atoms with E-state index in [0.29, 0.717) is 0 Å². The first-order chi connectivity index (χ1) is 12.1. The van der Waals surface area contributed by atoms with Gasteiger partial charge in [0, 0.05) is 12.1 Å². The van der Waals surface area contributed by atoms with E-state index < -0.39 is 0 Å². The van der Waals surface area contributed by atoms with Crippen LogP contribution in [0.25, 0.3) is 5.69 Å².